The number of imidazole rings is 1. The number of alkyl halides is 2. The summed E-state index contributed by atoms with van der Waals surface area (Å²) in [5.41, 5.74) is 2.63. The number of nitrogens with zero attached hydrogens (tertiary/aromatic N) is 5. The fourth-order valence-corrected chi connectivity index (χ4v) is 5.89. The molecule has 4 heterocycles. The number of nitrogens with one attached hydrogen (secondary N) is 1. The molecule has 0 spiro atoms. The van der Waals surface area contributed by atoms with Crippen molar-refractivity contribution in [2.45, 2.75) is 57.1 Å². The van der Waals surface area contributed by atoms with Crippen LogP contribution in [0.1, 0.15) is 61.6 Å². The second-order valence-corrected chi connectivity index (χ2v) is 12.0. The number of rotatable bonds is 9. The highest BCUT2D eigenvalue weighted by Crippen LogP contribution is 2.37. The van der Waals surface area contributed by atoms with Crippen LogP contribution in [0, 0.1) is 13.5 Å². The third-order valence-electron chi connectivity index (χ3n) is 6.84. The number of hydrogen-bond donors (Lipinski definition) is 1. The lowest BCUT2D eigenvalue weighted by Crippen LogP contribution is -2.20. The van der Waals surface area contributed by atoms with Gasteiger partial charge in [0.1, 0.15) is 23.2 Å². The van der Waals surface area contributed by atoms with Crippen LogP contribution in [0.5, 0.6) is 5.75 Å². The van der Waals surface area contributed by atoms with Gasteiger partial charge in [-0.1, -0.05) is 12.6 Å². The molecule has 1 N–H and O–H groups in total. The molecule has 1 fully saturated rings. The molecule has 220 valence electrons. The molecule has 0 radical (unpaired) electrons. The third-order valence-corrected chi connectivity index (χ3v) is 7.98. The number of benzene rings is 1. The van der Waals surface area contributed by atoms with Crippen molar-refractivity contribution in [3.05, 3.63) is 70.6 Å². The summed E-state index contributed by atoms with van der Waals surface area (Å²) in [6.07, 6.45) is -0.163. The van der Waals surface area contributed by atoms with Gasteiger partial charge in [0.15, 0.2) is 21.3 Å². The fourth-order valence-electron chi connectivity index (χ4n) is 4.97. The number of fused-ring (bicyclic) bond motifs is 1. The van der Waals surface area contributed by atoms with Crippen LogP contribution in [0.3, 0.4) is 0 Å². The molecule has 4 aromatic rings. The minimum atomic E-state index is -3.63. The largest absolute Gasteiger partial charge is 0.503 e. The molecule has 42 heavy (non-hydrogen) atoms. The van der Waals surface area contributed by atoms with Gasteiger partial charge in [0.05, 0.1) is 35.0 Å². The number of ether oxygens (including phenoxy) is 2. The molecule has 13 heteroatoms. The van der Waals surface area contributed by atoms with E-state index in [2.05, 4.69) is 20.1 Å². The van der Waals surface area contributed by atoms with E-state index < -0.39 is 28.3 Å². The molecule has 1 aromatic carbocycles. The van der Waals surface area contributed by atoms with Crippen molar-refractivity contribution in [2.24, 2.45) is 0 Å². The first-order chi connectivity index (χ1) is 20.1. The Morgan fingerprint density at radius 1 is 1.14 bits per heavy atom. The van der Waals surface area contributed by atoms with Gasteiger partial charge in [0, 0.05) is 12.9 Å². The van der Waals surface area contributed by atoms with Gasteiger partial charge in [-0.05, 0) is 69.0 Å². The molecule has 1 aliphatic rings. The maximum Gasteiger partial charge on any atom is 0.312 e. The topological polar surface area (TPSA) is 113 Å². The fraction of sp³-hybridized carbons (Fsp3) is 0.379. The van der Waals surface area contributed by atoms with Crippen molar-refractivity contribution in [1.82, 2.24) is 19.5 Å². The normalized spacial score (nSPS) is 15.6. The van der Waals surface area contributed by atoms with E-state index in [1.807, 2.05) is 6.92 Å². The number of aryl methyl sites for hydroxylation is 1. The van der Waals surface area contributed by atoms with Crippen molar-refractivity contribution in [3.63, 3.8) is 0 Å². The van der Waals surface area contributed by atoms with Gasteiger partial charge in [0.25, 0.3) is 6.43 Å². The molecule has 1 saturated heterocycles. The average Bonchev–Trinajstić information content (AvgIpc) is 3.35. The Bertz CT molecular complexity index is 1780. The van der Waals surface area contributed by atoms with Crippen LogP contribution in [0.4, 0.5) is 26.0 Å². The molecular weight excluding hydrogens is 566 g/mol. The second kappa shape index (κ2) is 12.0. The van der Waals surface area contributed by atoms with Crippen molar-refractivity contribution in [3.8, 4) is 5.75 Å². The Kier molecular flexibility index (Phi) is 8.38. The molecule has 0 bridgehead atoms. The number of halogens is 2. The zero-order valence-electron chi connectivity index (χ0n) is 23.4. The molecule has 1 unspecified atom stereocenters. The highest BCUT2D eigenvalue weighted by molar-refractivity contribution is 7.90. The third kappa shape index (κ3) is 6.05. The van der Waals surface area contributed by atoms with Crippen LogP contribution in [0.15, 0.2) is 41.3 Å². The summed E-state index contributed by atoms with van der Waals surface area (Å²) in [6, 6.07) is 9.95. The second-order valence-electron chi connectivity index (χ2n) is 10.0. The Labute approximate surface area is 242 Å². The van der Waals surface area contributed by atoms with E-state index in [-0.39, 0.29) is 34.0 Å². The Morgan fingerprint density at radius 3 is 2.62 bits per heavy atom. The van der Waals surface area contributed by atoms with Gasteiger partial charge in [-0.2, -0.15) is 0 Å². The molecule has 10 nitrogen and oxygen atoms in total. The standard InChI is InChI=1S/C29H30F2N6O4S/c1-5-40-22-12-10-18(33-27(22)32-3)15-19-16-21(35-20-11-9-17(2)14-23(20)42(4,38)39)25-28(34-19)37(29(36-25)26(30)31)24-8-6-7-13-41-24/h9-12,14,16,24,26H,5-8,13,15H2,1-2,4H3,(H,34,35). The predicted octanol–water partition coefficient (Wildman–Crippen LogP) is 6.46. The zero-order chi connectivity index (χ0) is 30.0. The van der Waals surface area contributed by atoms with E-state index >= 15 is 0 Å². The maximum absolute atomic E-state index is 14.4. The van der Waals surface area contributed by atoms with Crippen LogP contribution < -0.4 is 10.1 Å². The first-order valence-electron chi connectivity index (χ1n) is 13.5. The minimum Gasteiger partial charge on any atom is -0.503 e. The van der Waals surface area contributed by atoms with Crippen LogP contribution in [-0.4, -0.2) is 47.4 Å². The molecule has 0 amide bonds. The first kappa shape index (κ1) is 29.3. The number of sulfone groups is 1. The SMILES string of the molecule is [C-]#[N+]c1nc(Cc2cc(Nc3ccc(C)cc3S(C)(=O)=O)c3nc(C(F)F)n(C4CCCCO4)c3n2)ccc1OCC. The molecular formula is C29H30F2N6O4S. The highest BCUT2D eigenvalue weighted by Gasteiger charge is 2.29. The van der Waals surface area contributed by atoms with Gasteiger partial charge >= 0.3 is 5.82 Å². The number of anilines is 2. The summed E-state index contributed by atoms with van der Waals surface area (Å²) < 4.78 is 66.7. The van der Waals surface area contributed by atoms with Crippen LogP contribution in [0.2, 0.25) is 0 Å². The van der Waals surface area contributed by atoms with E-state index in [0.29, 0.717) is 42.5 Å². The van der Waals surface area contributed by atoms with Crippen molar-refractivity contribution >= 4 is 38.2 Å². The number of hydrogen-bond acceptors (Lipinski definition) is 8. The summed E-state index contributed by atoms with van der Waals surface area (Å²) in [5.74, 6) is -0.0121. The average molecular weight is 597 g/mol. The van der Waals surface area contributed by atoms with E-state index in [1.165, 1.54) is 4.57 Å². The monoisotopic (exact) mass is 596 g/mol. The van der Waals surface area contributed by atoms with E-state index in [9.17, 15) is 17.2 Å². The minimum absolute atomic E-state index is 0.0630. The maximum atomic E-state index is 14.4. The van der Waals surface area contributed by atoms with Gasteiger partial charge in [0.2, 0.25) is 0 Å². The zero-order valence-corrected chi connectivity index (χ0v) is 24.2. The molecule has 1 aliphatic heterocycles. The Morgan fingerprint density at radius 2 is 1.95 bits per heavy atom. The van der Waals surface area contributed by atoms with Gasteiger partial charge in [-0.25, -0.2) is 27.2 Å². The van der Waals surface area contributed by atoms with Gasteiger partial charge in [-0.15, -0.1) is 4.98 Å². The summed E-state index contributed by atoms with van der Waals surface area (Å²) in [6.45, 7) is 11.9. The Balaban J connectivity index is 1.69. The summed E-state index contributed by atoms with van der Waals surface area (Å²) in [4.78, 5) is 17.0. The lowest BCUT2D eigenvalue weighted by atomic mass is 10.1. The molecule has 0 aliphatic carbocycles. The quantitative estimate of drug-likeness (QED) is 0.219. The van der Waals surface area contributed by atoms with Crippen LogP contribution >= 0.6 is 0 Å². The molecule has 3 aromatic heterocycles. The highest BCUT2D eigenvalue weighted by atomic mass is 32.2. The van der Waals surface area contributed by atoms with Gasteiger partial charge in [-0.3, -0.25) is 4.57 Å². The lowest BCUT2D eigenvalue weighted by Gasteiger charge is -2.25. The summed E-state index contributed by atoms with van der Waals surface area (Å²) in [5, 5.41) is 3.14. The molecule has 0 saturated carbocycles. The number of aromatic nitrogens is 4. The van der Waals surface area contributed by atoms with Crippen molar-refractivity contribution in [2.75, 3.05) is 24.8 Å². The van der Waals surface area contributed by atoms with E-state index in [4.69, 9.17) is 21.0 Å². The van der Waals surface area contributed by atoms with E-state index in [0.717, 1.165) is 24.7 Å². The number of pyridine rings is 2. The Hall–Kier alpha value is -4.15. The van der Waals surface area contributed by atoms with Crippen molar-refractivity contribution in [1.29, 1.82) is 0 Å². The van der Waals surface area contributed by atoms with Crippen LogP contribution in [0.25, 0.3) is 16.0 Å². The summed E-state index contributed by atoms with van der Waals surface area (Å²) >= 11 is 0. The smallest absolute Gasteiger partial charge is 0.312 e. The predicted molar refractivity (Wildman–Crippen MR) is 153 cm³/mol. The van der Waals surface area contributed by atoms with Crippen molar-refractivity contribution < 1.29 is 26.7 Å². The molecule has 5 rings (SSSR count). The molecule has 1 atom stereocenters. The van der Waals surface area contributed by atoms with E-state index in [1.54, 1.807) is 43.3 Å². The van der Waals surface area contributed by atoms with Crippen LogP contribution in [-0.2, 0) is 21.0 Å². The lowest BCUT2D eigenvalue weighted by molar-refractivity contribution is -0.0363. The first-order valence-corrected chi connectivity index (χ1v) is 15.4. The summed E-state index contributed by atoms with van der Waals surface area (Å²) in [7, 11) is -3.63. The van der Waals surface area contributed by atoms with Gasteiger partial charge < -0.3 is 19.6 Å².